The minimum atomic E-state index is -1.03. The van der Waals surface area contributed by atoms with Gasteiger partial charge >= 0.3 is 28.1 Å². The van der Waals surface area contributed by atoms with Crippen LogP contribution in [0.2, 0.25) is 0 Å². The number of halogens is 1. The van der Waals surface area contributed by atoms with E-state index >= 15 is 0 Å². The summed E-state index contributed by atoms with van der Waals surface area (Å²) < 4.78 is 9.98. The molecule has 4 heteroatoms. The molecule has 0 N–H and O–H groups in total. The van der Waals surface area contributed by atoms with E-state index in [9.17, 15) is 0 Å². The van der Waals surface area contributed by atoms with E-state index in [0.29, 0.717) is 0 Å². The van der Waals surface area contributed by atoms with Crippen molar-refractivity contribution in [3.05, 3.63) is 35.9 Å². The molecule has 0 unspecified atom stereocenters. The van der Waals surface area contributed by atoms with Crippen molar-refractivity contribution < 1.29 is 8.29 Å². The van der Waals surface area contributed by atoms with Gasteiger partial charge in [0.05, 0.1) is 19.6 Å². The molecule has 1 aromatic rings. The molecule has 1 rings (SSSR count). The Labute approximate surface area is 115 Å². The van der Waals surface area contributed by atoms with Crippen molar-refractivity contribution in [3.63, 3.8) is 0 Å². The van der Waals surface area contributed by atoms with Gasteiger partial charge in [-0.1, -0.05) is 30.3 Å². The van der Waals surface area contributed by atoms with Crippen LogP contribution in [-0.2, 0) is 10.3 Å². The van der Waals surface area contributed by atoms with E-state index in [-0.39, 0.29) is 0 Å². The summed E-state index contributed by atoms with van der Waals surface area (Å²) >= 11 is -1.03. The van der Waals surface area contributed by atoms with Gasteiger partial charge in [0.25, 0.3) is 0 Å². The zero-order valence-electron chi connectivity index (χ0n) is 11.0. The van der Waals surface area contributed by atoms with Gasteiger partial charge in [0, 0.05) is 5.56 Å². The van der Waals surface area contributed by atoms with Crippen LogP contribution in [-0.4, -0.2) is 38.3 Å². The topological polar surface area (TPSA) is 17.1 Å². The van der Waals surface area contributed by atoms with E-state index in [4.69, 9.17) is 3.80 Å². The molecule has 2 nitrogen and oxygen atoms in total. The Bertz CT molecular complexity index is 293. The van der Waals surface area contributed by atoms with Crippen molar-refractivity contribution in [2.75, 3.05) is 19.6 Å². The van der Waals surface area contributed by atoms with Gasteiger partial charge in [-0.2, -0.15) is 0 Å². The summed E-state index contributed by atoms with van der Waals surface area (Å²) in [6, 6.07) is 10.8. The van der Waals surface area contributed by atoms with Crippen LogP contribution in [0.1, 0.15) is 26.3 Å². The first-order valence-electron chi connectivity index (χ1n) is 6.10. The van der Waals surface area contributed by atoms with Crippen LogP contribution in [0.3, 0.4) is 0 Å². The maximum absolute atomic E-state index is 8.78. The van der Waals surface area contributed by atoms with Gasteiger partial charge < -0.3 is 4.48 Å². The van der Waals surface area contributed by atoms with Gasteiger partial charge in [-0.25, -0.2) is 0 Å². The van der Waals surface area contributed by atoms with Crippen LogP contribution >= 0.6 is 10.0 Å². The molecule has 0 spiro atoms. The Kier molecular flexibility index (Phi) is 9.68. The van der Waals surface area contributed by atoms with Crippen LogP contribution in [0.25, 0.3) is 0 Å². The van der Waals surface area contributed by atoms with Crippen LogP contribution in [0, 0.1) is 0 Å². The third-order valence-corrected chi connectivity index (χ3v) is 3.37. The Morgan fingerprint density at radius 2 is 1.47 bits per heavy atom. The summed E-state index contributed by atoms with van der Waals surface area (Å²) in [5.41, 5.74) is 1.46. The molecule has 0 aliphatic carbocycles. The van der Waals surface area contributed by atoms with Crippen LogP contribution in [0.5, 0.6) is 0 Å². The third kappa shape index (κ3) is 6.33. The predicted molar refractivity (Wildman–Crippen MR) is 74.3 cm³/mol. The second kappa shape index (κ2) is 9.79. The van der Waals surface area contributed by atoms with Gasteiger partial charge in [0.2, 0.25) is 0 Å². The molecule has 0 fully saturated rings. The SMILES string of the molecule is CC[N+](CC)(CC)Cc1ccccc1.[O]=[Al][Cl]. The summed E-state index contributed by atoms with van der Waals surface area (Å²) in [6.07, 6.45) is 0. The zero-order chi connectivity index (χ0) is 13.1. The fourth-order valence-corrected chi connectivity index (χ4v) is 1.98. The Morgan fingerprint density at radius 1 is 1.06 bits per heavy atom. The summed E-state index contributed by atoms with van der Waals surface area (Å²) in [4.78, 5) is 0. The first-order chi connectivity index (χ1) is 8.17. The van der Waals surface area contributed by atoms with E-state index < -0.39 is 14.2 Å². The summed E-state index contributed by atoms with van der Waals surface area (Å²) in [5.74, 6) is 0. The molecule has 0 aromatic heterocycles. The van der Waals surface area contributed by atoms with Crippen molar-refractivity contribution >= 4 is 24.3 Å². The first-order valence-corrected chi connectivity index (χ1v) is 8.32. The van der Waals surface area contributed by atoms with E-state index in [1.807, 2.05) is 0 Å². The summed E-state index contributed by atoms with van der Waals surface area (Å²) in [7, 11) is 4.53. The fraction of sp³-hybridized carbons (Fsp3) is 0.538. The van der Waals surface area contributed by atoms with Gasteiger partial charge in [-0.3, -0.25) is 0 Å². The number of rotatable bonds is 5. The molecular formula is C13H22AlClNO+. The van der Waals surface area contributed by atoms with Crippen LogP contribution in [0.4, 0.5) is 0 Å². The number of quaternary nitrogens is 1. The number of benzene rings is 1. The van der Waals surface area contributed by atoms with Gasteiger partial charge in [0.15, 0.2) is 0 Å². The predicted octanol–water partition coefficient (Wildman–Crippen LogP) is 3.25. The molecule has 0 radical (unpaired) electrons. The van der Waals surface area contributed by atoms with Crippen molar-refractivity contribution in [2.24, 2.45) is 0 Å². The van der Waals surface area contributed by atoms with Gasteiger partial charge in [0.1, 0.15) is 6.54 Å². The quantitative estimate of drug-likeness (QED) is 0.593. The molecule has 0 heterocycles. The summed E-state index contributed by atoms with van der Waals surface area (Å²) in [6.45, 7) is 11.7. The van der Waals surface area contributed by atoms with Crippen LogP contribution in [0.15, 0.2) is 30.3 Å². The fourth-order valence-electron chi connectivity index (χ4n) is 1.98. The van der Waals surface area contributed by atoms with Crippen molar-refractivity contribution in [1.82, 2.24) is 0 Å². The third-order valence-electron chi connectivity index (χ3n) is 3.37. The van der Waals surface area contributed by atoms with Crippen LogP contribution < -0.4 is 0 Å². The standard InChI is InChI=1S/C13H22N.Al.ClH.O/c1-4-14(5-2,6-3)12-13-10-8-7-9-11-13;;;/h7-11H,4-6,12H2,1-3H3;;1H;/q2*+1;;/p-1. The molecule has 94 valence electrons. The normalized spacial score (nSPS) is 10.1. The van der Waals surface area contributed by atoms with E-state index in [1.54, 1.807) is 0 Å². The Hall–Kier alpha value is -0.198. The van der Waals surface area contributed by atoms with Crippen molar-refractivity contribution in [2.45, 2.75) is 27.3 Å². The number of nitrogens with zero attached hydrogens (tertiary/aromatic N) is 1. The zero-order valence-corrected chi connectivity index (χ0v) is 12.9. The molecule has 0 saturated heterocycles. The van der Waals surface area contributed by atoms with Crippen molar-refractivity contribution in [1.29, 1.82) is 0 Å². The van der Waals surface area contributed by atoms with E-state index in [2.05, 4.69) is 61.2 Å². The molecule has 0 saturated carbocycles. The van der Waals surface area contributed by atoms with E-state index in [1.165, 1.54) is 36.2 Å². The second-order valence-electron chi connectivity index (χ2n) is 4.02. The molecule has 0 atom stereocenters. The first kappa shape index (κ1) is 16.8. The molecule has 1 aromatic carbocycles. The molecule has 0 aliphatic rings. The Balaban J connectivity index is 0.000000770. The van der Waals surface area contributed by atoms with E-state index in [0.717, 1.165) is 0 Å². The maximum atomic E-state index is 8.78. The Morgan fingerprint density at radius 3 is 1.82 bits per heavy atom. The van der Waals surface area contributed by atoms with Gasteiger partial charge in [-0.05, 0) is 20.8 Å². The molecule has 0 aliphatic heterocycles. The number of hydrogen-bond acceptors (Lipinski definition) is 1. The molecule has 17 heavy (non-hydrogen) atoms. The minimum absolute atomic E-state index is 1.03. The average Bonchev–Trinajstić information content (AvgIpc) is 2.38. The second-order valence-corrected chi connectivity index (χ2v) is 4.74. The molecular weight excluding hydrogens is 249 g/mol. The average molecular weight is 271 g/mol. The van der Waals surface area contributed by atoms with Gasteiger partial charge in [-0.15, -0.1) is 0 Å². The summed E-state index contributed by atoms with van der Waals surface area (Å²) in [5, 5.41) is 0. The monoisotopic (exact) mass is 270 g/mol. The number of hydrogen-bond donors (Lipinski definition) is 0. The van der Waals surface area contributed by atoms with Crippen molar-refractivity contribution in [3.8, 4) is 0 Å². The molecule has 0 bridgehead atoms. The molecule has 0 amide bonds.